The number of thiocarbonyl (C=S) groups is 1. The second-order valence-corrected chi connectivity index (χ2v) is 8.59. The molecule has 0 saturated carbocycles. The lowest BCUT2D eigenvalue weighted by Crippen LogP contribution is -2.36. The van der Waals surface area contributed by atoms with Crippen molar-refractivity contribution < 1.29 is 13.2 Å². The van der Waals surface area contributed by atoms with Gasteiger partial charge < -0.3 is 10.6 Å². The van der Waals surface area contributed by atoms with Crippen LogP contribution < -0.4 is 15.4 Å². The molecule has 0 aromatic heterocycles. The van der Waals surface area contributed by atoms with Gasteiger partial charge in [0.05, 0.1) is 10.6 Å². The van der Waals surface area contributed by atoms with Crippen molar-refractivity contribution in [1.29, 1.82) is 0 Å². The number of hydrogen-bond donors (Lipinski definition) is 3. The Kier molecular flexibility index (Phi) is 6.56. The van der Waals surface area contributed by atoms with Gasteiger partial charge >= 0.3 is 0 Å². The zero-order valence-electron chi connectivity index (χ0n) is 15.7. The molecule has 0 aliphatic heterocycles. The molecule has 27 heavy (non-hydrogen) atoms. The molecule has 2 aromatic carbocycles. The molecule has 2 rings (SSSR count). The quantitative estimate of drug-likeness (QED) is 0.662. The summed E-state index contributed by atoms with van der Waals surface area (Å²) in [6, 6.07) is 11.7. The van der Waals surface area contributed by atoms with E-state index in [1.807, 2.05) is 32.0 Å². The fraction of sp³-hybridized carbons (Fsp3) is 0.263. The van der Waals surface area contributed by atoms with E-state index in [0.717, 1.165) is 11.1 Å². The molecule has 8 heteroatoms. The van der Waals surface area contributed by atoms with Crippen molar-refractivity contribution in [2.75, 3.05) is 10.0 Å². The standard InChI is InChI=1S/C19H23N3O3S2/c1-12(2)18(23)21-19(26)20-15-8-10-16(11-9-15)27(24,25)22-17-13(3)6-5-7-14(17)4/h5-12,22H,1-4H3,(H2,20,21,23,26). The molecule has 2 aromatic rings. The molecule has 0 saturated heterocycles. The van der Waals surface area contributed by atoms with Crippen LogP contribution in [0.15, 0.2) is 47.4 Å². The highest BCUT2D eigenvalue weighted by molar-refractivity contribution is 7.92. The van der Waals surface area contributed by atoms with Gasteiger partial charge in [0.25, 0.3) is 10.0 Å². The van der Waals surface area contributed by atoms with E-state index in [1.165, 1.54) is 12.1 Å². The lowest BCUT2D eigenvalue weighted by Gasteiger charge is -2.14. The van der Waals surface area contributed by atoms with E-state index in [4.69, 9.17) is 12.2 Å². The Labute approximate surface area is 165 Å². The number of nitrogens with one attached hydrogen (secondary N) is 3. The first-order chi connectivity index (χ1) is 12.6. The molecule has 0 radical (unpaired) electrons. The number of amides is 1. The van der Waals surface area contributed by atoms with Gasteiger partial charge in [-0.2, -0.15) is 0 Å². The number of benzene rings is 2. The minimum Gasteiger partial charge on any atom is -0.332 e. The first kappa shape index (κ1) is 20.9. The maximum absolute atomic E-state index is 12.6. The van der Waals surface area contributed by atoms with Crippen LogP contribution >= 0.6 is 12.2 Å². The van der Waals surface area contributed by atoms with E-state index in [0.29, 0.717) is 11.4 Å². The lowest BCUT2D eigenvalue weighted by atomic mass is 10.1. The van der Waals surface area contributed by atoms with Crippen LogP contribution in [0.3, 0.4) is 0 Å². The highest BCUT2D eigenvalue weighted by Gasteiger charge is 2.16. The van der Waals surface area contributed by atoms with Crippen molar-refractivity contribution in [3.05, 3.63) is 53.6 Å². The number of carbonyl (C=O) groups is 1. The van der Waals surface area contributed by atoms with Crippen molar-refractivity contribution >= 4 is 44.6 Å². The minimum absolute atomic E-state index is 0.132. The molecule has 0 aliphatic rings. The third-order valence-electron chi connectivity index (χ3n) is 3.90. The molecule has 0 bridgehead atoms. The van der Waals surface area contributed by atoms with Crippen LogP contribution in [0.1, 0.15) is 25.0 Å². The molecular formula is C19H23N3O3S2. The summed E-state index contributed by atoms with van der Waals surface area (Å²) in [5.74, 6) is -0.377. The molecule has 144 valence electrons. The molecule has 3 N–H and O–H groups in total. The molecule has 0 aliphatic carbocycles. The molecule has 0 heterocycles. The summed E-state index contributed by atoms with van der Waals surface area (Å²) >= 11 is 5.08. The summed E-state index contributed by atoms with van der Waals surface area (Å²) in [5, 5.41) is 5.59. The smallest absolute Gasteiger partial charge is 0.261 e. The average Bonchev–Trinajstić information content (AvgIpc) is 2.58. The molecular weight excluding hydrogens is 382 g/mol. The summed E-state index contributed by atoms with van der Waals surface area (Å²) in [4.78, 5) is 11.8. The van der Waals surface area contributed by atoms with Crippen molar-refractivity contribution in [3.8, 4) is 0 Å². The Hall–Kier alpha value is -2.45. The Bertz CT molecular complexity index is 932. The first-order valence-corrected chi connectivity index (χ1v) is 10.3. The number of aryl methyl sites for hydroxylation is 2. The van der Waals surface area contributed by atoms with Crippen molar-refractivity contribution in [1.82, 2.24) is 5.32 Å². The maximum Gasteiger partial charge on any atom is 0.261 e. The van der Waals surface area contributed by atoms with Crippen molar-refractivity contribution in [2.45, 2.75) is 32.6 Å². The number of para-hydroxylation sites is 1. The Morgan fingerprint density at radius 2 is 1.56 bits per heavy atom. The van der Waals surface area contributed by atoms with Crippen molar-refractivity contribution in [3.63, 3.8) is 0 Å². The highest BCUT2D eigenvalue weighted by atomic mass is 32.2. The Morgan fingerprint density at radius 1 is 1.00 bits per heavy atom. The molecule has 0 atom stereocenters. The zero-order chi connectivity index (χ0) is 20.2. The van der Waals surface area contributed by atoms with Gasteiger partial charge in [-0.05, 0) is 61.5 Å². The van der Waals surface area contributed by atoms with Crippen LogP contribution in [0.2, 0.25) is 0 Å². The summed E-state index contributed by atoms with van der Waals surface area (Å²) in [6.07, 6.45) is 0. The van der Waals surface area contributed by atoms with Gasteiger partial charge in [0, 0.05) is 11.6 Å². The monoisotopic (exact) mass is 405 g/mol. The van der Waals surface area contributed by atoms with Crippen LogP contribution in [0.4, 0.5) is 11.4 Å². The number of anilines is 2. The Morgan fingerprint density at radius 3 is 2.07 bits per heavy atom. The van der Waals surface area contributed by atoms with Crippen LogP contribution in [0.5, 0.6) is 0 Å². The van der Waals surface area contributed by atoms with E-state index in [-0.39, 0.29) is 21.8 Å². The van der Waals surface area contributed by atoms with E-state index in [2.05, 4.69) is 15.4 Å². The molecule has 0 unspecified atom stereocenters. The Balaban J connectivity index is 2.12. The number of rotatable bonds is 5. The van der Waals surface area contributed by atoms with Crippen LogP contribution in [0.25, 0.3) is 0 Å². The fourth-order valence-electron chi connectivity index (χ4n) is 2.30. The number of sulfonamides is 1. The molecule has 6 nitrogen and oxygen atoms in total. The summed E-state index contributed by atoms with van der Waals surface area (Å²) in [6.45, 7) is 7.23. The van der Waals surface area contributed by atoms with Gasteiger partial charge in [0.2, 0.25) is 5.91 Å². The fourth-order valence-corrected chi connectivity index (χ4v) is 3.73. The van der Waals surface area contributed by atoms with Gasteiger partial charge in [-0.25, -0.2) is 8.42 Å². The van der Waals surface area contributed by atoms with E-state index in [9.17, 15) is 13.2 Å². The van der Waals surface area contributed by atoms with Gasteiger partial charge in [0.15, 0.2) is 5.11 Å². The minimum atomic E-state index is -3.71. The second-order valence-electron chi connectivity index (χ2n) is 6.49. The predicted octanol–water partition coefficient (Wildman–Crippen LogP) is 3.57. The maximum atomic E-state index is 12.6. The zero-order valence-corrected chi connectivity index (χ0v) is 17.3. The van der Waals surface area contributed by atoms with Gasteiger partial charge in [0.1, 0.15) is 0 Å². The van der Waals surface area contributed by atoms with E-state index in [1.54, 1.807) is 26.0 Å². The lowest BCUT2D eigenvalue weighted by molar-refractivity contribution is -0.122. The van der Waals surface area contributed by atoms with Gasteiger partial charge in [-0.1, -0.05) is 32.0 Å². The number of carbonyl (C=O) groups excluding carboxylic acids is 1. The SMILES string of the molecule is Cc1cccc(C)c1NS(=O)(=O)c1ccc(NC(=S)NC(=O)C(C)C)cc1. The second kappa shape index (κ2) is 8.49. The summed E-state index contributed by atoms with van der Waals surface area (Å²) in [5.41, 5.74) is 2.86. The van der Waals surface area contributed by atoms with E-state index >= 15 is 0 Å². The van der Waals surface area contributed by atoms with Crippen molar-refractivity contribution in [2.24, 2.45) is 5.92 Å². The third kappa shape index (κ3) is 5.51. The normalized spacial score (nSPS) is 11.1. The van der Waals surface area contributed by atoms with E-state index < -0.39 is 10.0 Å². The molecule has 0 spiro atoms. The largest absolute Gasteiger partial charge is 0.332 e. The topological polar surface area (TPSA) is 87.3 Å². The molecule has 1 amide bonds. The van der Waals surface area contributed by atoms with Crippen LogP contribution in [-0.2, 0) is 14.8 Å². The predicted molar refractivity (Wildman–Crippen MR) is 112 cm³/mol. The summed E-state index contributed by atoms with van der Waals surface area (Å²) < 4.78 is 27.9. The van der Waals surface area contributed by atoms with Crippen LogP contribution in [0, 0.1) is 19.8 Å². The molecule has 0 fully saturated rings. The first-order valence-electron chi connectivity index (χ1n) is 8.41. The van der Waals surface area contributed by atoms with Gasteiger partial charge in [-0.15, -0.1) is 0 Å². The van der Waals surface area contributed by atoms with Crippen LogP contribution in [-0.4, -0.2) is 19.4 Å². The number of hydrogen-bond acceptors (Lipinski definition) is 4. The third-order valence-corrected chi connectivity index (χ3v) is 5.47. The highest BCUT2D eigenvalue weighted by Crippen LogP contribution is 2.24. The van der Waals surface area contributed by atoms with Gasteiger partial charge in [-0.3, -0.25) is 9.52 Å². The average molecular weight is 406 g/mol. The summed E-state index contributed by atoms with van der Waals surface area (Å²) in [7, 11) is -3.71.